The van der Waals surface area contributed by atoms with Crippen molar-refractivity contribution in [2.24, 2.45) is 0 Å². The van der Waals surface area contributed by atoms with Crippen LogP contribution in [0.3, 0.4) is 0 Å². The number of nitrogens with zero attached hydrogens (tertiary/aromatic N) is 4. The van der Waals surface area contributed by atoms with E-state index in [1.165, 1.54) is 12.1 Å². The van der Waals surface area contributed by atoms with Crippen molar-refractivity contribution in [1.82, 2.24) is 24.5 Å². The van der Waals surface area contributed by atoms with Crippen LogP contribution in [-0.4, -0.2) is 24.5 Å². The largest absolute Gasteiger partial charge is 0.408 e. The molecular formula is C23H20FN5OS. The van der Waals surface area contributed by atoms with Gasteiger partial charge >= 0.3 is 0 Å². The molecule has 6 nitrogen and oxygen atoms in total. The van der Waals surface area contributed by atoms with E-state index in [0.717, 1.165) is 46.4 Å². The van der Waals surface area contributed by atoms with Gasteiger partial charge in [0.25, 0.3) is 10.7 Å². The molecule has 0 saturated heterocycles. The van der Waals surface area contributed by atoms with E-state index < -0.39 is 0 Å². The molecule has 0 aliphatic rings. The van der Waals surface area contributed by atoms with Crippen LogP contribution in [0.15, 0.2) is 65.2 Å². The molecule has 31 heavy (non-hydrogen) atoms. The predicted octanol–water partition coefficient (Wildman–Crippen LogP) is 5.81. The van der Waals surface area contributed by atoms with Crippen LogP contribution in [0.4, 0.5) is 4.39 Å². The Kier molecular flexibility index (Phi) is 4.99. The highest BCUT2D eigenvalue weighted by Crippen LogP contribution is 2.33. The van der Waals surface area contributed by atoms with Crippen molar-refractivity contribution in [1.29, 1.82) is 0 Å². The maximum Gasteiger partial charge on any atom is 0.284 e. The number of benzene rings is 2. The molecule has 5 aromatic rings. The number of H-pyrrole nitrogens is 1. The molecule has 0 aliphatic heterocycles. The summed E-state index contributed by atoms with van der Waals surface area (Å²) in [6.45, 7) is 3.47. The van der Waals surface area contributed by atoms with Crippen molar-refractivity contribution in [3.63, 3.8) is 0 Å². The van der Waals surface area contributed by atoms with Gasteiger partial charge in [-0.3, -0.25) is 4.68 Å². The van der Waals surface area contributed by atoms with Gasteiger partial charge < -0.3 is 8.98 Å². The molecule has 156 valence electrons. The summed E-state index contributed by atoms with van der Waals surface area (Å²) in [6, 6.07) is 16.8. The monoisotopic (exact) mass is 433 g/mol. The summed E-state index contributed by atoms with van der Waals surface area (Å²) in [5, 5.41) is 12.8. The van der Waals surface area contributed by atoms with E-state index in [9.17, 15) is 4.39 Å². The van der Waals surface area contributed by atoms with Gasteiger partial charge in [-0.15, -0.1) is 5.10 Å². The maximum atomic E-state index is 13.3. The highest BCUT2D eigenvalue weighted by Gasteiger charge is 2.18. The summed E-state index contributed by atoms with van der Waals surface area (Å²) in [5.41, 5.74) is 4.74. The third-order valence-electron chi connectivity index (χ3n) is 5.20. The van der Waals surface area contributed by atoms with E-state index >= 15 is 0 Å². The molecule has 3 heterocycles. The lowest BCUT2D eigenvalue weighted by molar-refractivity contribution is 0.533. The molecule has 0 spiro atoms. The second-order valence-electron chi connectivity index (χ2n) is 7.37. The van der Waals surface area contributed by atoms with E-state index in [4.69, 9.17) is 21.7 Å². The molecule has 2 aromatic carbocycles. The average Bonchev–Trinajstić information content (AvgIpc) is 3.47. The highest BCUT2D eigenvalue weighted by atomic mass is 32.1. The Morgan fingerprint density at radius 2 is 1.94 bits per heavy atom. The van der Waals surface area contributed by atoms with Gasteiger partial charge in [0.1, 0.15) is 11.5 Å². The Bertz CT molecular complexity index is 1410. The van der Waals surface area contributed by atoms with Gasteiger partial charge in [0.15, 0.2) is 0 Å². The fourth-order valence-corrected chi connectivity index (χ4v) is 3.94. The number of para-hydroxylation sites is 1. The van der Waals surface area contributed by atoms with Crippen LogP contribution in [0.5, 0.6) is 0 Å². The van der Waals surface area contributed by atoms with Crippen molar-refractivity contribution in [3.8, 4) is 22.8 Å². The van der Waals surface area contributed by atoms with Crippen molar-refractivity contribution < 1.29 is 8.81 Å². The normalized spacial score (nSPS) is 11.4. The maximum absolute atomic E-state index is 13.3. The molecule has 0 bridgehead atoms. The summed E-state index contributed by atoms with van der Waals surface area (Å²) in [5.74, 6) is 0.189. The predicted molar refractivity (Wildman–Crippen MR) is 120 cm³/mol. The second-order valence-corrected chi connectivity index (χ2v) is 7.74. The SMILES string of the molecule is CCCn1nc(-c2cn(Cc3ccc(F)cc3)c3ccccc23)cc1-c1n[nH]c(=S)o1. The van der Waals surface area contributed by atoms with E-state index in [1.54, 1.807) is 0 Å². The van der Waals surface area contributed by atoms with Crippen LogP contribution in [-0.2, 0) is 13.1 Å². The minimum Gasteiger partial charge on any atom is -0.408 e. The molecule has 8 heteroatoms. The second kappa shape index (κ2) is 7.96. The highest BCUT2D eigenvalue weighted by molar-refractivity contribution is 7.71. The summed E-state index contributed by atoms with van der Waals surface area (Å²) >= 11 is 5.04. The Hall–Kier alpha value is -3.52. The van der Waals surface area contributed by atoms with Crippen molar-refractivity contribution in [2.45, 2.75) is 26.4 Å². The van der Waals surface area contributed by atoms with E-state index in [0.29, 0.717) is 12.4 Å². The molecule has 0 unspecified atom stereocenters. The molecular weight excluding hydrogens is 413 g/mol. The van der Waals surface area contributed by atoms with Gasteiger partial charge in [-0.2, -0.15) is 5.10 Å². The van der Waals surface area contributed by atoms with E-state index in [-0.39, 0.29) is 10.7 Å². The fraction of sp³-hybridized carbons (Fsp3) is 0.174. The summed E-state index contributed by atoms with van der Waals surface area (Å²) in [7, 11) is 0. The number of aromatic amines is 1. The Labute approximate surface area is 182 Å². The minimum atomic E-state index is -0.234. The lowest BCUT2D eigenvalue weighted by atomic mass is 10.1. The number of nitrogens with one attached hydrogen (secondary N) is 1. The number of hydrogen-bond donors (Lipinski definition) is 1. The summed E-state index contributed by atoms with van der Waals surface area (Å²) < 4.78 is 22.9. The van der Waals surface area contributed by atoms with E-state index in [1.807, 2.05) is 35.0 Å². The molecule has 0 radical (unpaired) electrons. The van der Waals surface area contributed by atoms with Crippen molar-refractivity contribution in [3.05, 3.63) is 77.0 Å². The zero-order valence-electron chi connectivity index (χ0n) is 16.9. The smallest absolute Gasteiger partial charge is 0.284 e. The van der Waals surface area contributed by atoms with E-state index in [2.05, 4.69) is 40.0 Å². The van der Waals surface area contributed by atoms with Crippen LogP contribution in [0, 0.1) is 10.7 Å². The van der Waals surface area contributed by atoms with Gasteiger partial charge in [-0.1, -0.05) is 37.3 Å². The zero-order chi connectivity index (χ0) is 21.4. The number of halogens is 1. The lowest BCUT2D eigenvalue weighted by Crippen LogP contribution is -2.01. The first-order valence-electron chi connectivity index (χ1n) is 10.1. The molecule has 0 fully saturated rings. The number of aromatic nitrogens is 5. The quantitative estimate of drug-likeness (QED) is 0.343. The van der Waals surface area contributed by atoms with Gasteiger partial charge in [0.2, 0.25) is 0 Å². The van der Waals surface area contributed by atoms with Crippen LogP contribution in [0.1, 0.15) is 18.9 Å². The van der Waals surface area contributed by atoms with Gasteiger partial charge in [-0.05, 0) is 48.5 Å². The molecule has 0 saturated carbocycles. The first-order valence-corrected chi connectivity index (χ1v) is 10.5. The van der Waals surface area contributed by atoms with Crippen molar-refractivity contribution in [2.75, 3.05) is 0 Å². The first-order chi connectivity index (χ1) is 15.1. The average molecular weight is 434 g/mol. The van der Waals surface area contributed by atoms with Crippen LogP contribution in [0.25, 0.3) is 33.7 Å². The van der Waals surface area contributed by atoms with Crippen LogP contribution >= 0.6 is 12.2 Å². The lowest BCUT2D eigenvalue weighted by Gasteiger charge is -2.05. The number of hydrogen-bond acceptors (Lipinski definition) is 4. The van der Waals surface area contributed by atoms with Gasteiger partial charge in [0.05, 0.1) is 5.69 Å². The van der Waals surface area contributed by atoms with Gasteiger partial charge in [0, 0.05) is 35.8 Å². The fourth-order valence-electron chi connectivity index (χ4n) is 3.81. The topological polar surface area (TPSA) is 64.6 Å². The molecule has 0 amide bonds. The standard InChI is InChI=1S/C23H20FN5OS/c1-2-11-29-21(22-25-26-23(31)30-22)12-19(27-29)18-14-28(20-6-4-3-5-17(18)20)13-15-7-9-16(24)10-8-15/h3-10,12,14H,2,11,13H2,1H3,(H,26,31). The van der Waals surface area contributed by atoms with Crippen LogP contribution in [0.2, 0.25) is 0 Å². The first kappa shape index (κ1) is 19.4. The number of fused-ring (bicyclic) bond motifs is 1. The molecule has 5 rings (SSSR count). The minimum absolute atomic E-state index is 0.233. The zero-order valence-corrected chi connectivity index (χ0v) is 17.7. The number of rotatable bonds is 6. The summed E-state index contributed by atoms with van der Waals surface area (Å²) in [4.78, 5) is 0.233. The Balaban J connectivity index is 1.62. The van der Waals surface area contributed by atoms with Crippen LogP contribution < -0.4 is 0 Å². The Morgan fingerprint density at radius 1 is 1.13 bits per heavy atom. The third-order valence-corrected chi connectivity index (χ3v) is 5.38. The van der Waals surface area contributed by atoms with Gasteiger partial charge in [-0.25, -0.2) is 9.49 Å². The Morgan fingerprint density at radius 3 is 2.68 bits per heavy atom. The molecule has 1 N–H and O–H groups in total. The number of aryl methyl sites for hydroxylation is 1. The molecule has 3 aromatic heterocycles. The van der Waals surface area contributed by atoms with Crippen molar-refractivity contribution >= 4 is 23.1 Å². The summed E-state index contributed by atoms with van der Waals surface area (Å²) in [6.07, 6.45) is 3.02. The molecule has 0 atom stereocenters. The molecule has 0 aliphatic carbocycles. The third kappa shape index (κ3) is 3.70.